The molecule has 74 valence electrons. The number of fused-ring (bicyclic) bond motifs is 1. The molecule has 0 amide bonds. The van der Waals surface area contributed by atoms with E-state index in [4.69, 9.17) is 0 Å². The lowest BCUT2D eigenvalue weighted by molar-refractivity contribution is 1.14. The summed E-state index contributed by atoms with van der Waals surface area (Å²) in [5, 5.41) is 1.23. The van der Waals surface area contributed by atoms with Gasteiger partial charge >= 0.3 is 0 Å². The van der Waals surface area contributed by atoms with E-state index in [0.29, 0.717) is 0 Å². The first-order valence-electron chi connectivity index (χ1n) is 5.24. The minimum absolute atomic E-state index is 1.08. The quantitative estimate of drug-likeness (QED) is 0.661. The number of aryl methyl sites for hydroxylation is 1. The number of nitrogens with zero attached hydrogens (tertiary/aromatic N) is 1. The molecule has 1 heteroatoms. The third kappa shape index (κ3) is 2.32. The third-order valence-corrected chi connectivity index (χ3v) is 2.08. The average Bonchev–Trinajstić information content (AvgIpc) is 2.31. The van der Waals surface area contributed by atoms with E-state index in [1.807, 2.05) is 26.1 Å². The van der Waals surface area contributed by atoms with Gasteiger partial charge in [-0.25, -0.2) is 0 Å². The molecular formula is C13H17N. The molecule has 0 unspecified atom stereocenters. The van der Waals surface area contributed by atoms with Crippen molar-refractivity contribution in [2.24, 2.45) is 0 Å². The van der Waals surface area contributed by atoms with Crippen LogP contribution in [0.4, 0.5) is 0 Å². The van der Waals surface area contributed by atoms with Crippen molar-refractivity contribution >= 4 is 10.9 Å². The summed E-state index contributed by atoms with van der Waals surface area (Å²) >= 11 is 0. The topological polar surface area (TPSA) is 12.9 Å². The minimum atomic E-state index is 1.08. The van der Waals surface area contributed by atoms with E-state index in [1.165, 1.54) is 10.9 Å². The van der Waals surface area contributed by atoms with Gasteiger partial charge in [0.25, 0.3) is 0 Å². The van der Waals surface area contributed by atoms with Gasteiger partial charge in [-0.15, -0.1) is 0 Å². The van der Waals surface area contributed by atoms with E-state index >= 15 is 0 Å². The lowest BCUT2D eigenvalue weighted by Crippen LogP contribution is -1.81. The van der Waals surface area contributed by atoms with Crippen molar-refractivity contribution in [3.05, 3.63) is 42.1 Å². The van der Waals surface area contributed by atoms with Crippen LogP contribution >= 0.6 is 0 Å². The molecule has 0 aliphatic carbocycles. The first-order valence-corrected chi connectivity index (χ1v) is 5.24. The Hall–Kier alpha value is -1.37. The number of benzene rings is 1. The van der Waals surface area contributed by atoms with Crippen LogP contribution in [0.3, 0.4) is 0 Å². The maximum absolute atomic E-state index is 4.26. The van der Waals surface area contributed by atoms with Crippen LogP contribution in [-0.4, -0.2) is 4.98 Å². The molecular weight excluding hydrogens is 170 g/mol. The number of aromatic nitrogens is 1. The lowest BCUT2D eigenvalue weighted by atomic mass is 10.1. The molecule has 0 radical (unpaired) electrons. The molecule has 0 saturated carbocycles. The Labute approximate surface area is 85.8 Å². The van der Waals surface area contributed by atoms with Crippen molar-refractivity contribution in [3.8, 4) is 0 Å². The van der Waals surface area contributed by atoms with E-state index in [1.54, 1.807) is 0 Å². The Morgan fingerprint density at radius 2 is 1.93 bits per heavy atom. The molecule has 2 rings (SSSR count). The molecule has 1 heterocycles. The average molecular weight is 187 g/mol. The van der Waals surface area contributed by atoms with Gasteiger partial charge < -0.3 is 0 Å². The van der Waals surface area contributed by atoms with Crippen LogP contribution in [-0.2, 0) is 6.42 Å². The first-order chi connectivity index (χ1) is 6.90. The van der Waals surface area contributed by atoms with Crippen molar-refractivity contribution < 1.29 is 0 Å². The molecule has 0 fully saturated rings. The zero-order chi connectivity index (χ0) is 10.4. The SMILES string of the molecule is CC.CCc1ccc2ncccc2c1. The first kappa shape index (κ1) is 10.7. The third-order valence-electron chi connectivity index (χ3n) is 2.08. The molecule has 1 aromatic heterocycles. The standard InChI is InChI=1S/C11H11N.C2H6/c1-2-9-5-6-11-10(8-9)4-3-7-12-11;1-2/h3-8H,2H2,1H3;1-2H3. The van der Waals surface area contributed by atoms with Gasteiger partial charge in [0.15, 0.2) is 0 Å². The van der Waals surface area contributed by atoms with Gasteiger partial charge in [0.2, 0.25) is 0 Å². The van der Waals surface area contributed by atoms with E-state index in [9.17, 15) is 0 Å². The van der Waals surface area contributed by atoms with Gasteiger partial charge in [-0.2, -0.15) is 0 Å². The summed E-state index contributed by atoms with van der Waals surface area (Å²) in [6.07, 6.45) is 2.92. The number of pyridine rings is 1. The fourth-order valence-electron chi connectivity index (χ4n) is 1.34. The smallest absolute Gasteiger partial charge is 0.0702 e. The van der Waals surface area contributed by atoms with E-state index in [0.717, 1.165) is 11.9 Å². The summed E-state index contributed by atoms with van der Waals surface area (Å²) in [7, 11) is 0. The monoisotopic (exact) mass is 187 g/mol. The number of hydrogen-bond donors (Lipinski definition) is 0. The van der Waals surface area contributed by atoms with Crippen molar-refractivity contribution in [3.63, 3.8) is 0 Å². The van der Waals surface area contributed by atoms with Gasteiger partial charge in [0, 0.05) is 11.6 Å². The normalized spacial score (nSPS) is 9.36. The molecule has 0 aliphatic rings. The second-order valence-corrected chi connectivity index (χ2v) is 2.88. The van der Waals surface area contributed by atoms with Crippen LogP contribution in [0.5, 0.6) is 0 Å². The maximum Gasteiger partial charge on any atom is 0.0702 e. The molecule has 0 bridgehead atoms. The van der Waals surface area contributed by atoms with Crippen LogP contribution in [0.1, 0.15) is 26.3 Å². The van der Waals surface area contributed by atoms with E-state index in [2.05, 4.69) is 36.2 Å². The fourth-order valence-corrected chi connectivity index (χ4v) is 1.34. The molecule has 0 N–H and O–H groups in total. The molecule has 0 aliphatic heterocycles. The maximum atomic E-state index is 4.26. The summed E-state index contributed by atoms with van der Waals surface area (Å²) in [5.74, 6) is 0. The Bertz CT molecular complexity index is 393. The highest BCUT2D eigenvalue weighted by Crippen LogP contribution is 2.13. The summed E-state index contributed by atoms with van der Waals surface area (Å²) in [6, 6.07) is 10.5. The summed E-state index contributed by atoms with van der Waals surface area (Å²) in [4.78, 5) is 4.26. The van der Waals surface area contributed by atoms with Crippen LogP contribution in [0.15, 0.2) is 36.5 Å². The van der Waals surface area contributed by atoms with Crippen molar-refractivity contribution in [2.75, 3.05) is 0 Å². The highest BCUT2D eigenvalue weighted by Gasteiger charge is 1.93. The van der Waals surface area contributed by atoms with Gasteiger partial charge in [-0.05, 0) is 30.2 Å². The molecule has 2 aromatic rings. The Morgan fingerprint density at radius 3 is 2.64 bits per heavy atom. The van der Waals surface area contributed by atoms with E-state index < -0.39 is 0 Å². The van der Waals surface area contributed by atoms with Crippen LogP contribution in [0.25, 0.3) is 10.9 Å². The van der Waals surface area contributed by atoms with Crippen LogP contribution in [0.2, 0.25) is 0 Å². The van der Waals surface area contributed by atoms with Crippen LogP contribution < -0.4 is 0 Å². The second kappa shape index (κ2) is 5.38. The zero-order valence-electron chi connectivity index (χ0n) is 9.12. The molecule has 0 atom stereocenters. The predicted molar refractivity (Wildman–Crippen MR) is 62.5 cm³/mol. The Balaban J connectivity index is 0.000000461. The summed E-state index contributed by atoms with van der Waals surface area (Å²) in [5.41, 5.74) is 2.45. The highest BCUT2D eigenvalue weighted by molar-refractivity contribution is 5.78. The molecule has 0 saturated heterocycles. The minimum Gasteiger partial charge on any atom is -0.256 e. The molecule has 1 aromatic carbocycles. The highest BCUT2D eigenvalue weighted by atomic mass is 14.6. The predicted octanol–water partition coefficient (Wildman–Crippen LogP) is 3.82. The number of hydrogen-bond acceptors (Lipinski definition) is 1. The lowest BCUT2D eigenvalue weighted by Gasteiger charge is -1.98. The molecule has 0 spiro atoms. The Morgan fingerprint density at radius 1 is 1.14 bits per heavy atom. The molecule has 1 nitrogen and oxygen atoms in total. The van der Waals surface area contributed by atoms with Crippen molar-refractivity contribution in [1.82, 2.24) is 4.98 Å². The Kier molecular flexibility index (Phi) is 4.11. The van der Waals surface area contributed by atoms with Gasteiger partial charge in [0.1, 0.15) is 0 Å². The van der Waals surface area contributed by atoms with Gasteiger partial charge in [-0.1, -0.05) is 32.9 Å². The second-order valence-electron chi connectivity index (χ2n) is 2.88. The number of rotatable bonds is 1. The van der Waals surface area contributed by atoms with E-state index in [-0.39, 0.29) is 0 Å². The molecule has 14 heavy (non-hydrogen) atoms. The summed E-state index contributed by atoms with van der Waals surface area (Å²) in [6.45, 7) is 6.16. The fraction of sp³-hybridized carbons (Fsp3) is 0.308. The zero-order valence-corrected chi connectivity index (χ0v) is 9.12. The van der Waals surface area contributed by atoms with Crippen LogP contribution in [0, 0.1) is 0 Å². The van der Waals surface area contributed by atoms with Crippen molar-refractivity contribution in [1.29, 1.82) is 0 Å². The van der Waals surface area contributed by atoms with Gasteiger partial charge in [-0.3, -0.25) is 4.98 Å². The summed E-state index contributed by atoms with van der Waals surface area (Å²) < 4.78 is 0. The van der Waals surface area contributed by atoms with Gasteiger partial charge in [0.05, 0.1) is 5.52 Å². The van der Waals surface area contributed by atoms with Crippen molar-refractivity contribution in [2.45, 2.75) is 27.2 Å². The largest absolute Gasteiger partial charge is 0.256 e.